The number of rotatable bonds is 6. The van der Waals surface area contributed by atoms with Crippen LogP contribution in [0.25, 0.3) is 0 Å². The summed E-state index contributed by atoms with van der Waals surface area (Å²) in [5.41, 5.74) is 3.77. The van der Waals surface area contributed by atoms with Crippen LogP contribution in [0.3, 0.4) is 0 Å². The Morgan fingerprint density at radius 1 is 0.667 bits per heavy atom. The largest absolute Gasteiger partial charge is 0.454 e. The molecule has 0 spiro atoms. The molecule has 0 fully saturated rings. The lowest BCUT2D eigenvalue weighted by atomic mass is 10.1. The van der Waals surface area contributed by atoms with Gasteiger partial charge in [0, 0.05) is 28.6 Å². The molecule has 0 bridgehead atoms. The summed E-state index contributed by atoms with van der Waals surface area (Å²) >= 11 is 7.15. The van der Waals surface area contributed by atoms with Gasteiger partial charge in [-0.1, -0.05) is 62.2 Å². The molecular formula is C22H19Br2NO2. The van der Waals surface area contributed by atoms with Crippen LogP contribution in [0.2, 0.25) is 0 Å². The van der Waals surface area contributed by atoms with Gasteiger partial charge in [-0.25, -0.2) is 0 Å². The van der Waals surface area contributed by atoms with Crippen molar-refractivity contribution in [3.05, 3.63) is 92.4 Å². The second-order valence-corrected chi connectivity index (χ2v) is 8.42. The smallest absolute Gasteiger partial charge is 0.231 e. The van der Waals surface area contributed by atoms with Crippen LogP contribution in [0.5, 0.6) is 11.5 Å². The lowest BCUT2D eigenvalue weighted by molar-refractivity contribution is 0.174. The van der Waals surface area contributed by atoms with Crippen molar-refractivity contribution in [1.29, 1.82) is 0 Å². The predicted octanol–water partition coefficient (Wildman–Crippen LogP) is 6.14. The third-order valence-electron chi connectivity index (χ3n) is 4.43. The van der Waals surface area contributed by atoms with E-state index in [1.165, 1.54) is 16.7 Å². The Hall–Kier alpha value is -1.82. The van der Waals surface area contributed by atoms with E-state index in [-0.39, 0.29) is 0 Å². The van der Waals surface area contributed by atoms with E-state index in [1.807, 2.05) is 6.07 Å². The van der Waals surface area contributed by atoms with E-state index in [0.717, 1.165) is 40.1 Å². The monoisotopic (exact) mass is 487 g/mol. The third kappa shape index (κ3) is 4.92. The molecule has 0 saturated heterocycles. The van der Waals surface area contributed by atoms with Gasteiger partial charge in [0.25, 0.3) is 0 Å². The molecule has 0 atom stereocenters. The summed E-state index contributed by atoms with van der Waals surface area (Å²) in [7, 11) is 0. The van der Waals surface area contributed by atoms with Crippen LogP contribution in [0, 0.1) is 0 Å². The summed E-state index contributed by atoms with van der Waals surface area (Å²) < 4.78 is 13.2. The van der Waals surface area contributed by atoms with Gasteiger partial charge in [-0.3, -0.25) is 4.90 Å². The fourth-order valence-corrected chi connectivity index (χ4v) is 4.15. The molecule has 3 aromatic carbocycles. The topological polar surface area (TPSA) is 21.7 Å². The zero-order chi connectivity index (χ0) is 18.6. The Bertz CT molecular complexity index is 898. The van der Waals surface area contributed by atoms with Crippen LogP contribution < -0.4 is 9.47 Å². The Morgan fingerprint density at radius 2 is 1.22 bits per heavy atom. The first-order valence-electron chi connectivity index (χ1n) is 8.75. The Morgan fingerprint density at radius 3 is 1.81 bits per heavy atom. The highest BCUT2D eigenvalue weighted by Gasteiger charge is 2.15. The number of hydrogen-bond acceptors (Lipinski definition) is 3. The minimum Gasteiger partial charge on any atom is -0.454 e. The van der Waals surface area contributed by atoms with Crippen molar-refractivity contribution in [2.45, 2.75) is 19.6 Å². The standard InChI is InChI=1S/C22H19Br2NO2/c23-19-5-1-3-16(9-19)12-25(13-17-4-2-6-20(24)10-17)14-18-7-8-21-22(11-18)27-15-26-21/h1-11H,12-15H2. The van der Waals surface area contributed by atoms with Gasteiger partial charge in [0.05, 0.1) is 0 Å². The Labute approximate surface area is 176 Å². The van der Waals surface area contributed by atoms with Crippen LogP contribution in [0.1, 0.15) is 16.7 Å². The van der Waals surface area contributed by atoms with Crippen molar-refractivity contribution in [2.75, 3.05) is 6.79 Å². The van der Waals surface area contributed by atoms with Gasteiger partial charge in [-0.15, -0.1) is 0 Å². The molecule has 0 unspecified atom stereocenters. The lowest BCUT2D eigenvalue weighted by Crippen LogP contribution is -2.22. The third-order valence-corrected chi connectivity index (χ3v) is 5.42. The second-order valence-electron chi connectivity index (χ2n) is 6.59. The number of benzene rings is 3. The highest BCUT2D eigenvalue weighted by molar-refractivity contribution is 9.10. The summed E-state index contributed by atoms with van der Waals surface area (Å²) in [6.07, 6.45) is 0. The van der Waals surface area contributed by atoms with E-state index in [1.54, 1.807) is 0 Å². The first-order valence-corrected chi connectivity index (χ1v) is 10.3. The molecule has 1 aliphatic heterocycles. The number of fused-ring (bicyclic) bond motifs is 1. The summed E-state index contributed by atoms with van der Waals surface area (Å²) in [4.78, 5) is 2.43. The van der Waals surface area contributed by atoms with Crippen LogP contribution in [-0.4, -0.2) is 11.7 Å². The van der Waals surface area contributed by atoms with E-state index < -0.39 is 0 Å². The van der Waals surface area contributed by atoms with Crippen molar-refractivity contribution in [2.24, 2.45) is 0 Å². The molecule has 5 heteroatoms. The van der Waals surface area contributed by atoms with Crippen molar-refractivity contribution in [1.82, 2.24) is 4.90 Å². The van der Waals surface area contributed by atoms with Gasteiger partial charge in [0.1, 0.15) is 0 Å². The van der Waals surface area contributed by atoms with E-state index in [4.69, 9.17) is 9.47 Å². The first-order chi connectivity index (χ1) is 13.2. The molecule has 27 heavy (non-hydrogen) atoms. The second kappa shape index (κ2) is 8.46. The first kappa shape index (κ1) is 18.5. The molecule has 0 radical (unpaired) electrons. The van der Waals surface area contributed by atoms with Gasteiger partial charge in [0.15, 0.2) is 11.5 Å². The predicted molar refractivity (Wildman–Crippen MR) is 114 cm³/mol. The maximum Gasteiger partial charge on any atom is 0.231 e. The lowest BCUT2D eigenvalue weighted by Gasteiger charge is -2.23. The molecule has 0 N–H and O–H groups in total. The summed E-state index contributed by atoms with van der Waals surface area (Å²) in [5.74, 6) is 1.65. The van der Waals surface area contributed by atoms with Crippen LogP contribution in [0.4, 0.5) is 0 Å². The molecule has 0 saturated carbocycles. The molecule has 1 aliphatic rings. The highest BCUT2D eigenvalue weighted by Crippen LogP contribution is 2.33. The quantitative estimate of drug-likeness (QED) is 0.415. The Balaban J connectivity index is 1.56. The van der Waals surface area contributed by atoms with Crippen molar-refractivity contribution in [3.63, 3.8) is 0 Å². The van der Waals surface area contributed by atoms with Crippen molar-refractivity contribution < 1.29 is 9.47 Å². The van der Waals surface area contributed by atoms with Crippen LogP contribution in [-0.2, 0) is 19.6 Å². The normalized spacial score (nSPS) is 12.6. The maximum absolute atomic E-state index is 5.54. The van der Waals surface area contributed by atoms with E-state index in [0.29, 0.717) is 6.79 Å². The molecule has 3 aromatic rings. The van der Waals surface area contributed by atoms with E-state index in [2.05, 4.69) is 97.4 Å². The molecule has 1 heterocycles. The summed E-state index contributed by atoms with van der Waals surface area (Å²) in [5, 5.41) is 0. The average molecular weight is 489 g/mol. The van der Waals surface area contributed by atoms with Gasteiger partial charge >= 0.3 is 0 Å². The molecule has 0 aromatic heterocycles. The molecule has 0 aliphatic carbocycles. The zero-order valence-electron chi connectivity index (χ0n) is 14.7. The molecule has 4 rings (SSSR count). The molecule has 0 amide bonds. The van der Waals surface area contributed by atoms with Gasteiger partial charge < -0.3 is 9.47 Å². The molecule has 3 nitrogen and oxygen atoms in total. The van der Waals surface area contributed by atoms with Crippen molar-refractivity contribution in [3.8, 4) is 11.5 Å². The van der Waals surface area contributed by atoms with Crippen molar-refractivity contribution >= 4 is 31.9 Å². The SMILES string of the molecule is Brc1cccc(CN(Cc2cccc(Br)c2)Cc2ccc3c(c2)OCO3)c1. The highest BCUT2D eigenvalue weighted by atomic mass is 79.9. The number of nitrogens with zero attached hydrogens (tertiary/aromatic N) is 1. The Kier molecular flexibility index (Phi) is 5.81. The molecular weight excluding hydrogens is 470 g/mol. The fraction of sp³-hybridized carbons (Fsp3) is 0.182. The number of ether oxygens (including phenoxy) is 2. The van der Waals surface area contributed by atoms with Crippen LogP contribution >= 0.6 is 31.9 Å². The average Bonchev–Trinajstić information content (AvgIpc) is 3.09. The minimum atomic E-state index is 0.304. The fourth-order valence-electron chi connectivity index (χ4n) is 3.25. The minimum absolute atomic E-state index is 0.304. The molecule has 138 valence electrons. The van der Waals surface area contributed by atoms with Gasteiger partial charge in [0.2, 0.25) is 6.79 Å². The summed E-state index contributed by atoms with van der Waals surface area (Å²) in [6.45, 7) is 2.86. The zero-order valence-corrected chi connectivity index (χ0v) is 17.9. The number of halogens is 2. The van der Waals surface area contributed by atoms with Gasteiger partial charge in [-0.05, 0) is 53.1 Å². The van der Waals surface area contributed by atoms with Gasteiger partial charge in [-0.2, -0.15) is 0 Å². The van der Waals surface area contributed by atoms with E-state index >= 15 is 0 Å². The maximum atomic E-state index is 5.54. The number of hydrogen-bond donors (Lipinski definition) is 0. The van der Waals surface area contributed by atoms with Crippen LogP contribution in [0.15, 0.2) is 75.7 Å². The van der Waals surface area contributed by atoms with E-state index in [9.17, 15) is 0 Å². The summed E-state index contributed by atoms with van der Waals surface area (Å²) in [6, 6.07) is 23.1.